The molecule has 0 aliphatic heterocycles. The molecule has 98 valence electrons. The zero-order valence-corrected chi connectivity index (χ0v) is 11.4. The van der Waals surface area contributed by atoms with Gasteiger partial charge in [-0.05, 0) is 31.5 Å². The van der Waals surface area contributed by atoms with Crippen LogP contribution >= 0.6 is 11.3 Å². The molecule has 0 fully saturated rings. The number of carbonyl (C=O) groups excluding carboxylic acids is 1. The van der Waals surface area contributed by atoms with Gasteiger partial charge in [0.1, 0.15) is 10.6 Å². The number of hydrazone groups is 1. The molecule has 0 aliphatic carbocycles. The van der Waals surface area contributed by atoms with Crippen molar-refractivity contribution in [3.05, 3.63) is 45.4 Å². The molecule has 0 unspecified atom stereocenters. The van der Waals surface area contributed by atoms with Crippen molar-refractivity contribution in [3.8, 4) is 5.75 Å². The highest BCUT2D eigenvalue weighted by atomic mass is 32.1. The Labute approximate surface area is 114 Å². The number of hydrogen-bond donors (Lipinski definition) is 2. The van der Waals surface area contributed by atoms with Gasteiger partial charge >= 0.3 is 0 Å². The van der Waals surface area contributed by atoms with Gasteiger partial charge in [-0.2, -0.15) is 5.10 Å². The molecule has 6 heteroatoms. The quantitative estimate of drug-likeness (QED) is 0.666. The van der Waals surface area contributed by atoms with Crippen molar-refractivity contribution in [2.75, 3.05) is 0 Å². The first kappa shape index (κ1) is 13.2. The molecule has 0 spiro atoms. The van der Waals surface area contributed by atoms with Crippen LogP contribution in [0.3, 0.4) is 0 Å². The average molecular weight is 275 g/mol. The van der Waals surface area contributed by atoms with Crippen LogP contribution in [0.4, 0.5) is 0 Å². The normalized spacial score (nSPS) is 10.8. The highest BCUT2D eigenvalue weighted by Gasteiger charge is 2.12. The minimum Gasteiger partial charge on any atom is -0.508 e. The third-order valence-corrected chi connectivity index (χ3v) is 3.43. The Morgan fingerprint density at radius 1 is 1.47 bits per heavy atom. The van der Waals surface area contributed by atoms with Crippen molar-refractivity contribution >= 4 is 23.5 Å². The molecule has 0 saturated carbocycles. The van der Waals surface area contributed by atoms with E-state index in [1.54, 1.807) is 31.2 Å². The fourth-order valence-electron chi connectivity index (χ4n) is 1.56. The molecular weight excluding hydrogens is 262 g/mol. The van der Waals surface area contributed by atoms with Gasteiger partial charge in [-0.25, -0.2) is 10.4 Å². The zero-order valence-electron chi connectivity index (χ0n) is 10.5. The molecule has 1 amide bonds. The lowest BCUT2D eigenvalue weighted by Gasteiger charge is -1.97. The smallest absolute Gasteiger partial charge is 0.283 e. The third-order valence-electron chi connectivity index (χ3n) is 2.36. The van der Waals surface area contributed by atoms with E-state index in [1.165, 1.54) is 17.6 Å². The molecular formula is C13H13N3O2S. The molecule has 2 aromatic rings. The van der Waals surface area contributed by atoms with Gasteiger partial charge in [0, 0.05) is 0 Å². The van der Waals surface area contributed by atoms with E-state index in [1.807, 2.05) is 6.92 Å². The number of benzene rings is 1. The first-order valence-corrected chi connectivity index (χ1v) is 6.44. The Hall–Kier alpha value is -2.21. The number of carbonyl (C=O) groups is 1. The Morgan fingerprint density at radius 2 is 2.26 bits per heavy atom. The van der Waals surface area contributed by atoms with Gasteiger partial charge in [0.05, 0.1) is 16.9 Å². The topological polar surface area (TPSA) is 74.6 Å². The highest BCUT2D eigenvalue weighted by molar-refractivity contribution is 7.13. The molecule has 1 aromatic heterocycles. The summed E-state index contributed by atoms with van der Waals surface area (Å²) in [5, 5.41) is 14.0. The van der Waals surface area contributed by atoms with Crippen LogP contribution in [0.15, 0.2) is 29.4 Å². The number of nitrogens with one attached hydrogen (secondary N) is 1. The number of phenols is 1. The molecule has 5 nitrogen and oxygen atoms in total. The molecule has 0 radical (unpaired) electrons. The number of aromatic hydroxyl groups is 1. The van der Waals surface area contributed by atoms with E-state index >= 15 is 0 Å². The molecule has 2 N–H and O–H groups in total. The van der Waals surface area contributed by atoms with E-state index in [4.69, 9.17) is 0 Å². The van der Waals surface area contributed by atoms with Gasteiger partial charge < -0.3 is 5.11 Å². The van der Waals surface area contributed by atoms with E-state index in [0.717, 1.165) is 5.01 Å². The first-order valence-electron chi connectivity index (χ1n) is 5.63. The number of nitrogens with zero attached hydrogens (tertiary/aromatic N) is 2. The first-order chi connectivity index (χ1) is 9.06. The maximum atomic E-state index is 11.8. The third kappa shape index (κ3) is 3.38. The monoisotopic (exact) mass is 275 g/mol. The number of amides is 1. The lowest BCUT2D eigenvalue weighted by Crippen LogP contribution is -2.17. The number of aromatic nitrogens is 1. The van der Waals surface area contributed by atoms with E-state index in [-0.39, 0.29) is 11.7 Å². The number of thiazole rings is 1. The van der Waals surface area contributed by atoms with Crippen LogP contribution in [0.1, 0.15) is 25.9 Å². The average Bonchev–Trinajstić information content (AvgIpc) is 2.68. The fraction of sp³-hybridized carbons (Fsp3) is 0.154. The SMILES string of the molecule is Cc1nc(C)c(C(=O)N/N=C/c2cccc(O)c2)s1. The van der Waals surface area contributed by atoms with Crippen LogP contribution in [-0.4, -0.2) is 22.2 Å². The summed E-state index contributed by atoms with van der Waals surface area (Å²) >= 11 is 1.33. The van der Waals surface area contributed by atoms with Crippen molar-refractivity contribution in [2.45, 2.75) is 13.8 Å². The molecule has 1 heterocycles. The van der Waals surface area contributed by atoms with Gasteiger partial charge in [-0.15, -0.1) is 11.3 Å². The fourth-order valence-corrected chi connectivity index (χ4v) is 2.37. The Morgan fingerprint density at radius 3 is 2.89 bits per heavy atom. The zero-order chi connectivity index (χ0) is 13.8. The maximum Gasteiger partial charge on any atom is 0.283 e. The van der Waals surface area contributed by atoms with Crippen LogP contribution in [0, 0.1) is 13.8 Å². The van der Waals surface area contributed by atoms with Crippen molar-refractivity contribution in [2.24, 2.45) is 5.10 Å². The van der Waals surface area contributed by atoms with Crippen molar-refractivity contribution in [1.82, 2.24) is 10.4 Å². The lowest BCUT2D eigenvalue weighted by atomic mass is 10.2. The Kier molecular flexibility index (Phi) is 3.91. The molecule has 1 aromatic carbocycles. The predicted octanol–water partition coefficient (Wildman–Crippen LogP) is 2.23. The Balaban J connectivity index is 2.03. The summed E-state index contributed by atoms with van der Waals surface area (Å²) < 4.78 is 0. The van der Waals surface area contributed by atoms with Gasteiger partial charge in [0.2, 0.25) is 0 Å². The van der Waals surface area contributed by atoms with Gasteiger partial charge in [0.25, 0.3) is 5.91 Å². The summed E-state index contributed by atoms with van der Waals surface area (Å²) in [6, 6.07) is 6.60. The van der Waals surface area contributed by atoms with Crippen LogP contribution in [0.2, 0.25) is 0 Å². The van der Waals surface area contributed by atoms with E-state index in [0.29, 0.717) is 16.1 Å². The summed E-state index contributed by atoms with van der Waals surface area (Å²) in [4.78, 5) is 16.6. The molecule has 0 aliphatic rings. The second-order valence-corrected chi connectivity index (χ2v) is 5.14. The van der Waals surface area contributed by atoms with Crippen LogP contribution in [-0.2, 0) is 0 Å². The van der Waals surface area contributed by atoms with Gasteiger partial charge in [0.15, 0.2) is 0 Å². The predicted molar refractivity (Wildman–Crippen MR) is 74.8 cm³/mol. The van der Waals surface area contributed by atoms with Gasteiger partial charge in [-0.1, -0.05) is 12.1 Å². The second kappa shape index (κ2) is 5.62. The number of rotatable bonds is 3. The largest absolute Gasteiger partial charge is 0.508 e. The van der Waals surface area contributed by atoms with Crippen molar-refractivity contribution < 1.29 is 9.90 Å². The number of phenolic OH excluding ortho intramolecular Hbond substituents is 1. The van der Waals surface area contributed by atoms with Gasteiger partial charge in [-0.3, -0.25) is 4.79 Å². The number of aryl methyl sites for hydroxylation is 2. The highest BCUT2D eigenvalue weighted by Crippen LogP contribution is 2.16. The maximum absolute atomic E-state index is 11.8. The van der Waals surface area contributed by atoms with E-state index < -0.39 is 0 Å². The van der Waals surface area contributed by atoms with Crippen LogP contribution in [0.5, 0.6) is 5.75 Å². The van der Waals surface area contributed by atoms with Crippen molar-refractivity contribution in [1.29, 1.82) is 0 Å². The molecule has 2 rings (SSSR count). The summed E-state index contributed by atoms with van der Waals surface area (Å²) in [5.41, 5.74) is 3.85. The van der Waals surface area contributed by atoms with E-state index in [2.05, 4.69) is 15.5 Å². The molecule has 0 atom stereocenters. The second-order valence-electron chi connectivity index (χ2n) is 3.94. The molecule has 0 bridgehead atoms. The van der Waals surface area contributed by atoms with E-state index in [9.17, 15) is 9.90 Å². The van der Waals surface area contributed by atoms with Crippen LogP contribution in [0.25, 0.3) is 0 Å². The standard InChI is InChI=1S/C13H13N3O2S/c1-8-12(19-9(2)15-8)13(18)16-14-7-10-4-3-5-11(17)6-10/h3-7,17H,1-2H3,(H,16,18)/b14-7+. The molecule has 19 heavy (non-hydrogen) atoms. The Bertz CT molecular complexity index is 635. The lowest BCUT2D eigenvalue weighted by molar-refractivity contribution is 0.0958. The minimum atomic E-state index is -0.278. The number of hydrogen-bond acceptors (Lipinski definition) is 5. The van der Waals surface area contributed by atoms with Crippen LogP contribution < -0.4 is 5.43 Å². The van der Waals surface area contributed by atoms with Crippen molar-refractivity contribution in [3.63, 3.8) is 0 Å². The summed E-state index contributed by atoms with van der Waals surface area (Å²) in [5.74, 6) is -0.122. The summed E-state index contributed by atoms with van der Waals surface area (Å²) in [6.07, 6.45) is 1.47. The molecule has 0 saturated heterocycles. The summed E-state index contributed by atoms with van der Waals surface area (Å²) in [6.45, 7) is 3.64. The minimum absolute atomic E-state index is 0.157. The summed E-state index contributed by atoms with van der Waals surface area (Å²) in [7, 11) is 0.